The minimum absolute atomic E-state index is 0.0272. The van der Waals surface area contributed by atoms with Crippen molar-refractivity contribution in [3.05, 3.63) is 6.42 Å². The van der Waals surface area contributed by atoms with E-state index in [2.05, 4.69) is 11.3 Å². The zero-order valence-electron chi connectivity index (χ0n) is 14.0. The number of fused-ring (bicyclic) bond motifs is 2. The first-order chi connectivity index (χ1) is 11.0. The minimum atomic E-state index is -3.19. The van der Waals surface area contributed by atoms with Crippen molar-refractivity contribution in [3.63, 3.8) is 0 Å². The van der Waals surface area contributed by atoms with Crippen LogP contribution in [0.15, 0.2) is 0 Å². The second kappa shape index (κ2) is 7.07. The largest absolute Gasteiger partial charge is 0.340 e. The SMILES string of the molecule is CC(=O)N1CCN(S(=O)(=O)CCCN2[C@@H]3C[CH]C[C@H]2CC3)CC1. The van der Waals surface area contributed by atoms with Gasteiger partial charge >= 0.3 is 0 Å². The van der Waals surface area contributed by atoms with E-state index in [9.17, 15) is 13.2 Å². The smallest absolute Gasteiger partial charge is 0.219 e. The molecule has 131 valence electrons. The lowest BCUT2D eigenvalue weighted by Crippen LogP contribution is -2.50. The van der Waals surface area contributed by atoms with Gasteiger partial charge in [0, 0.05) is 45.2 Å². The Balaban J connectivity index is 1.45. The third-order valence-corrected chi connectivity index (χ3v) is 7.50. The number of rotatable bonds is 5. The van der Waals surface area contributed by atoms with Gasteiger partial charge in [-0.2, -0.15) is 4.31 Å². The molecule has 3 rings (SSSR count). The van der Waals surface area contributed by atoms with Crippen LogP contribution in [0, 0.1) is 6.42 Å². The van der Waals surface area contributed by atoms with Crippen molar-refractivity contribution in [1.29, 1.82) is 0 Å². The molecule has 3 saturated heterocycles. The van der Waals surface area contributed by atoms with E-state index in [1.54, 1.807) is 9.21 Å². The highest BCUT2D eigenvalue weighted by atomic mass is 32.2. The second-order valence-electron chi connectivity index (χ2n) is 6.96. The van der Waals surface area contributed by atoms with Crippen LogP contribution < -0.4 is 0 Å². The quantitative estimate of drug-likeness (QED) is 0.738. The molecule has 3 aliphatic rings. The molecule has 0 unspecified atom stereocenters. The van der Waals surface area contributed by atoms with Crippen LogP contribution in [0.1, 0.15) is 39.0 Å². The maximum absolute atomic E-state index is 12.5. The third-order valence-electron chi connectivity index (χ3n) is 5.54. The molecular formula is C16H28N3O3S. The minimum Gasteiger partial charge on any atom is -0.340 e. The lowest BCUT2D eigenvalue weighted by Gasteiger charge is -2.35. The van der Waals surface area contributed by atoms with Crippen molar-refractivity contribution in [3.8, 4) is 0 Å². The van der Waals surface area contributed by atoms with Gasteiger partial charge in [-0.3, -0.25) is 9.69 Å². The molecule has 23 heavy (non-hydrogen) atoms. The van der Waals surface area contributed by atoms with Gasteiger partial charge in [-0.15, -0.1) is 0 Å². The molecule has 3 aliphatic heterocycles. The molecule has 6 nitrogen and oxygen atoms in total. The highest BCUT2D eigenvalue weighted by Gasteiger charge is 2.36. The van der Waals surface area contributed by atoms with Crippen molar-refractivity contribution in [2.24, 2.45) is 0 Å². The Hall–Kier alpha value is -0.660. The van der Waals surface area contributed by atoms with Crippen LogP contribution in [0.5, 0.6) is 0 Å². The Kier molecular flexibility index (Phi) is 5.28. The molecule has 0 aromatic carbocycles. The van der Waals surface area contributed by atoms with E-state index in [1.165, 1.54) is 19.8 Å². The van der Waals surface area contributed by atoms with E-state index >= 15 is 0 Å². The Morgan fingerprint density at radius 3 is 2.26 bits per heavy atom. The first kappa shape index (κ1) is 17.2. The molecule has 0 aromatic heterocycles. The summed E-state index contributed by atoms with van der Waals surface area (Å²) >= 11 is 0. The monoisotopic (exact) mass is 342 g/mol. The van der Waals surface area contributed by atoms with Crippen molar-refractivity contribution < 1.29 is 13.2 Å². The van der Waals surface area contributed by atoms with Gasteiger partial charge < -0.3 is 4.90 Å². The number of nitrogens with zero attached hydrogens (tertiary/aromatic N) is 3. The summed E-state index contributed by atoms with van der Waals surface area (Å²) in [5.41, 5.74) is 0. The Morgan fingerprint density at radius 2 is 1.70 bits per heavy atom. The van der Waals surface area contributed by atoms with E-state index in [-0.39, 0.29) is 11.7 Å². The van der Waals surface area contributed by atoms with Gasteiger partial charge in [0.2, 0.25) is 15.9 Å². The predicted octanol–water partition coefficient (Wildman–Crippen LogP) is 0.701. The summed E-state index contributed by atoms with van der Waals surface area (Å²) in [5, 5.41) is 0. The van der Waals surface area contributed by atoms with Crippen molar-refractivity contribution in [1.82, 2.24) is 14.1 Å². The number of piperazine rings is 1. The Bertz CT molecular complexity index is 513. The van der Waals surface area contributed by atoms with E-state index in [1.807, 2.05) is 0 Å². The van der Waals surface area contributed by atoms with Crippen LogP contribution in [0.3, 0.4) is 0 Å². The molecule has 0 saturated carbocycles. The molecule has 1 amide bonds. The lowest BCUT2D eigenvalue weighted by atomic mass is 10.0. The third kappa shape index (κ3) is 3.88. The average molecular weight is 342 g/mol. The summed E-state index contributed by atoms with van der Waals surface area (Å²) in [6.45, 7) is 4.34. The number of piperidine rings is 1. The zero-order chi connectivity index (χ0) is 16.4. The van der Waals surface area contributed by atoms with E-state index in [4.69, 9.17) is 0 Å². The molecule has 2 bridgehead atoms. The van der Waals surface area contributed by atoms with E-state index in [0.717, 1.165) is 19.4 Å². The fraction of sp³-hybridized carbons (Fsp3) is 0.875. The molecular weight excluding hydrogens is 314 g/mol. The fourth-order valence-corrected chi connectivity index (χ4v) is 5.68. The van der Waals surface area contributed by atoms with Gasteiger partial charge in [0.25, 0.3) is 0 Å². The molecule has 0 spiro atoms. The van der Waals surface area contributed by atoms with Gasteiger partial charge in [-0.05, 0) is 45.1 Å². The average Bonchev–Trinajstić information content (AvgIpc) is 2.75. The van der Waals surface area contributed by atoms with Gasteiger partial charge in [0.1, 0.15) is 0 Å². The summed E-state index contributed by atoms with van der Waals surface area (Å²) in [6.07, 6.45) is 7.96. The van der Waals surface area contributed by atoms with Gasteiger partial charge in [-0.1, -0.05) is 0 Å². The summed E-state index contributed by atoms with van der Waals surface area (Å²) < 4.78 is 26.5. The summed E-state index contributed by atoms with van der Waals surface area (Å²) in [5.74, 6) is 0.256. The maximum atomic E-state index is 12.5. The second-order valence-corrected chi connectivity index (χ2v) is 9.05. The first-order valence-corrected chi connectivity index (χ1v) is 10.4. The fourth-order valence-electron chi connectivity index (χ4n) is 4.21. The standard InChI is InChI=1S/C16H28N3O3S/c1-14(20)17-9-11-18(12-10-17)23(21,22)13-3-8-19-15-4-2-5-16(19)7-6-15/h2,15-16H,3-13H2,1H3/t15-,16+. The molecule has 7 heteroatoms. The van der Waals surface area contributed by atoms with Crippen molar-refractivity contribution in [2.45, 2.75) is 51.1 Å². The molecule has 0 aromatic rings. The van der Waals surface area contributed by atoms with Crippen molar-refractivity contribution in [2.75, 3.05) is 38.5 Å². The number of carbonyl (C=O) groups is 1. The highest BCUT2D eigenvalue weighted by molar-refractivity contribution is 7.89. The van der Waals surface area contributed by atoms with Crippen LogP contribution >= 0.6 is 0 Å². The molecule has 0 aliphatic carbocycles. The molecule has 3 heterocycles. The van der Waals surface area contributed by atoms with E-state index < -0.39 is 10.0 Å². The summed E-state index contributed by atoms with van der Waals surface area (Å²) in [4.78, 5) is 15.6. The zero-order valence-corrected chi connectivity index (χ0v) is 14.8. The number of sulfonamides is 1. The van der Waals surface area contributed by atoms with Gasteiger partial charge in [-0.25, -0.2) is 8.42 Å². The Labute approximate surface area is 139 Å². The summed E-state index contributed by atoms with van der Waals surface area (Å²) in [6, 6.07) is 1.30. The maximum Gasteiger partial charge on any atom is 0.219 e. The van der Waals surface area contributed by atoms with Crippen LogP contribution in [0.2, 0.25) is 0 Å². The highest BCUT2D eigenvalue weighted by Crippen LogP contribution is 2.34. The van der Waals surface area contributed by atoms with Crippen molar-refractivity contribution >= 4 is 15.9 Å². The van der Waals surface area contributed by atoms with Crippen LogP contribution in [0.4, 0.5) is 0 Å². The van der Waals surface area contributed by atoms with Crippen LogP contribution in [-0.4, -0.2) is 79.0 Å². The number of hydrogen-bond acceptors (Lipinski definition) is 4. The van der Waals surface area contributed by atoms with E-state index in [0.29, 0.717) is 44.7 Å². The summed E-state index contributed by atoms with van der Waals surface area (Å²) in [7, 11) is -3.19. The van der Waals surface area contributed by atoms with Crippen LogP contribution in [0.25, 0.3) is 0 Å². The molecule has 0 N–H and O–H groups in total. The predicted molar refractivity (Wildman–Crippen MR) is 89.3 cm³/mol. The first-order valence-electron chi connectivity index (χ1n) is 8.78. The molecule has 3 fully saturated rings. The Morgan fingerprint density at radius 1 is 1.09 bits per heavy atom. The molecule has 1 radical (unpaired) electrons. The normalized spacial score (nSPS) is 29.9. The number of carbonyl (C=O) groups excluding carboxylic acids is 1. The van der Waals surface area contributed by atoms with Gasteiger partial charge in [0.05, 0.1) is 5.75 Å². The topological polar surface area (TPSA) is 60.9 Å². The number of hydrogen-bond donors (Lipinski definition) is 0. The molecule has 2 atom stereocenters. The van der Waals surface area contributed by atoms with Gasteiger partial charge in [0.15, 0.2) is 0 Å². The van der Waals surface area contributed by atoms with Crippen LogP contribution in [-0.2, 0) is 14.8 Å². The number of amides is 1. The lowest BCUT2D eigenvalue weighted by molar-refractivity contribution is -0.129.